The van der Waals surface area contributed by atoms with Crippen LogP contribution in [0, 0.1) is 6.92 Å². The van der Waals surface area contributed by atoms with Crippen LogP contribution in [-0.2, 0) is 16.1 Å². The fourth-order valence-electron chi connectivity index (χ4n) is 2.77. The molecule has 5 nitrogen and oxygen atoms in total. The summed E-state index contributed by atoms with van der Waals surface area (Å²) in [5.74, 6) is -0.0122. The molecule has 1 aromatic rings. The SMILES string of the molecule is CCCC1NC(=O)C(CC)N(Cc2ccncc2C)C1=O. The normalized spacial score (nSPS) is 22.3. The minimum absolute atomic E-state index is 0.0273. The zero-order valence-corrected chi connectivity index (χ0v) is 12.9. The van der Waals surface area contributed by atoms with Gasteiger partial charge in [-0.05, 0) is 37.0 Å². The largest absolute Gasteiger partial charge is 0.343 e. The van der Waals surface area contributed by atoms with Gasteiger partial charge in [0.25, 0.3) is 0 Å². The molecule has 1 aliphatic heterocycles. The highest BCUT2D eigenvalue weighted by Crippen LogP contribution is 2.20. The lowest BCUT2D eigenvalue weighted by molar-refractivity contribution is -0.150. The molecule has 1 fully saturated rings. The Morgan fingerprint density at radius 2 is 2.10 bits per heavy atom. The molecule has 0 aromatic carbocycles. The number of rotatable bonds is 5. The highest BCUT2D eigenvalue weighted by Gasteiger charge is 2.38. The van der Waals surface area contributed by atoms with Gasteiger partial charge in [0, 0.05) is 18.9 Å². The first-order valence-electron chi connectivity index (χ1n) is 7.58. The molecular formula is C16H23N3O2. The van der Waals surface area contributed by atoms with Crippen LogP contribution in [0.5, 0.6) is 0 Å². The van der Waals surface area contributed by atoms with Crippen molar-refractivity contribution in [2.24, 2.45) is 0 Å². The number of carbonyl (C=O) groups excluding carboxylic acids is 2. The predicted octanol–water partition coefficient (Wildman–Crippen LogP) is 1.80. The van der Waals surface area contributed by atoms with E-state index in [1.807, 2.05) is 26.8 Å². The maximum Gasteiger partial charge on any atom is 0.246 e. The van der Waals surface area contributed by atoms with Gasteiger partial charge >= 0.3 is 0 Å². The maximum absolute atomic E-state index is 12.6. The highest BCUT2D eigenvalue weighted by molar-refractivity contribution is 5.96. The number of piperazine rings is 1. The van der Waals surface area contributed by atoms with Crippen molar-refractivity contribution in [1.29, 1.82) is 0 Å². The summed E-state index contributed by atoms with van der Waals surface area (Å²) in [7, 11) is 0. The van der Waals surface area contributed by atoms with Crippen molar-refractivity contribution in [3.05, 3.63) is 29.6 Å². The van der Waals surface area contributed by atoms with Crippen LogP contribution in [0.3, 0.4) is 0 Å². The number of carbonyl (C=O) groups is 2. The van der Waals surface area contributed by atoms with Crippen LogP contribution >= 0.6 is 0 Å². The second-order valence-electron chi connectivity index (χ2n) is 5.54. The van der Waals surface area contributed by atoms with Crippen molar-refractivity contribution in [1.82, 2.24) is 15.2 Å². The van der Waals surface area contributed by atoms with Gasteiger partial charge < -0.3 is 10.2 Å². The summed E-state index contributed by atoms with van der Waals surface area (Å²) >= 11 is 0. The zero-order chi connectivity index (χ0) is 15.4. The predicted molar refractivity (Wildman–Crippen MR) is 80.4 cm³/mol. The van der Waals surface area contributed by atoms with Gasteiger partial charge in [0.05, 0.1) is 0 Å². The third kappa shape index (κ3) is 3.23. The average Bonchev–Trinajstić information content (AvgIpc) is 2.46. The summed E-state index contributed by atoms with van der Waals surface area (Å²) in [6.07, 6.45) is 5.69. The Bertz CT molecular complexity index is 530. The first-order valence-corrected chi connectivity index (χ1v) is 7.58. The minimum atomic E-state index is -0.382. The number of hydrogen-bond acceptors (Lipinski definition) is 3. The van der Waals surface area contributed by atoms with Crippen molar-refractivity contribution >= 4 is 11.8 Å². The van der Waals surface area contributed by atoms with Crippen LogP contribution < -0.4 is 5.32 Å². The van der Waals surface area contributed by atoms with Crippen molar-refractivity contribution in [2.45, 2.75) is 58.7 Å². The molecule has 0 spiro atoms. The van der Waals surface area contributed by atoms with Crippen LogP contribution in [0.25, 0.3) is 0 Å². The number of aryl methyl sites for hydroxylation is 1. The van der Waals surface area contributed by atoms with E-state index in [4.69, 9.17) is 0 Å². The van der Waals surface area contributed by atoms with E-state index >= 15 is 0 Å². The van der Waals surface area contributed by atoms with Crippen molar-refractivity contribution in [3.8, 4) is 0 Å². The molecule has 0 aliphatic carbocycles. The standard InChI is InChI=1S/C16H23N3O2/c1-4-6-13-16(21)19(14(5-2)15(20)18-13)10-12-7-8-17-9-11(12)3/h7-9,13-14H,4-6,10H2,1-3H3,(H,18,20). The smallest absolute Gasteiger partial charge is 0.246 e. The number of nitrogens with one attached hydrogen (secondary N) is 1. The van der Waals surface area contributed by atoms with Gasteiger partial charge in [0.2, 0.25) is 11.8 Å². The van der Waals surface area contributed by atoms with Gasteiger partial charge in [0.1, 0.15) is 12.1 Å². The third-order valence-corrected chi connectivity index (χ3v) is 4.02. The Hall–Kier alpha value is -1.91. The molecule has 2 amide bonds. The van der Waals surface area contributed by atoms with Gasteiger partial charge in [-0.3, -0.25) is 14.6 Å². The number of nitrogens with zero attached hydrogens (tertiary/aromatic N) is 2. The Balaban J connectivity index is 2.25. The molecule has 1 saturated heterocycles. The van der Waals surface area contributed by atoms with Crippen LogP contribution in [0.4, 0.5) is 0 Å². The Morgan fingerprint density at radius 3 is 2.71 bits per heavy atom. The number of hydrogen-bond donors (Lipinski definition) is 1. The summed E-state index contributed by atoms with van der Waals surface area (Å²) in [6, 6.07) is 1.15. The minimum Gasteiger partial charge on any atom is -0.343 e. The first-order chi connectivity index (χ1) is 10.1. The Labute approximate surface area is 125 Å². The summed E-state index contributed by atoms with van der Waals surface area (Å²) in [5.41, 5.74) is 2.08. The van der Waals surface area contributed by atoms with Crippen LogP contribution in [-0.4, -0.2) is 33.8 Å². The molecule has 21 heavy (non-hydrogen) atoms. The second-order valence-corrected chi connectivity index (χ2v) is 5.54. The summed E-state index contributed by atoms with van der Waals surface area (Å²) in [4.78, 5) is 30.7. The van der Waals surface area contributed by atoms with Gasteiger partial charge in [-0.1, -0.05) is 20.3 Å². The Morgan fingerprint density at radius 1 is 1.33 bits per heavy atom. The quantitative estimate of drug-likeness (QED) is 0.899. The van der Waals surface area contributed by atoms with E-state index in [-0.39, 0.29) is 23.9 Å². The van der Waals surface area contributed by atoms with E-state index in [0.717, 1.165) is 17.5 Å². The van der Waals surface area contributed by atoms with E-state index in [2.05, 4.69) is 10.3 Å². The average molecular weight is 289 g/mol. The monoisotopic (exact) mass is 289 g/mol. The van der Waals surface area contributed by atoms with Crippen molar-refractivity contribution < 1.29 is 9.59 Å². The lowest BCUT2D eigenvalue weighted by Gasteiger charge is -2.39. The Kier molecular flexibility index (Phi) is 4.94. The van der Waals surface area contributed by atoms with Gasteiger partial charge in [0.15, 0.2) is 0 Å². The highest BCUT2D eigenvalue weighted by atomic mass is 16.2. The molecular weight excluding hydrogens is 266 g/mol. The molecule has 2 rings (SSSR count). The first kappa shape index (κ1) is 15.5. The molecule has 1 aromatic heterocycles. The van der Waals surface area contributed by atoms with Crippen LogP contribution in [0.15, 0.2) is 18.5 Å². The molecule has 0 saturated carbocycles. The molecule has 0 bridgehead atoms. The maximum atomic E-state index is 12.6. The van der Waals surface area contributed by atoms with Gasteiger partial charge in [-0.2, -0.15) is 0 Å². The zero-order valence-electron chi connectivity index (χ0n) is 12.9. The topological polar surface area (TPSA) is 62.3 Å². The molecule has 2 heterocycles. The molecule has 1 N–H and O–H groups in total. The van der Waals surface area contributed by atoms with E-state index in [1.54, 1.807) is 17.3 Å². The van der Waals surface area contributed by atoms with E-state index in [9.17, 15) is 9.59 Å². The lowest BCUT2D eigenvalue weighted by atomic mass is 10.0. The molecule has 2 unspecified atom stereocenters. The van der Waals surface area contributed by atoms with E-state index in [0.29, 0.717) is 19.4 Å². The van der Waals surface area contributed by atoms with E-state index in [1.165, 1.54) is 0 Å². The van der Waals surface area contributed by atoms with Crippen LogP contribution in [0.1, 0.15) is 44.2 Å². The van der Waals surface area contributed by atoms with Crippen molar-refractivity contribution in [2.75, 3.05) is 0 Å². The third-order valence-electron chi connectivity index (χ3n) is 4.02. The fraction of sp³-hybridized carbons (Fsp3) is 0.562. The van der Waals surface area contributed by atoms with Gasteiger partial charge in [-0.25, -0.2) is 0 Å². The molecule has 1 aliphatic rings. The summed E-state index contributed by atoms with van der Waals surface area (Å²) < 4.78 is 0. The van der Waals surface area contributed by atoms with Crippen LogP contribution in [0.2, 0.25) is 0 Å². The number of pyridine rings is 1. The lowest BCUT2D eigenvalue weighted by Crippen LogP contribution is -2.62. The molecule has 2 atom stereocenters. The second kappa shape index (κ2) is 6.70. The molecule has 114 valence electrons. The summed E-state index contributed by atoms with van der Waals surface area (Å²) in [6.45, 7) is 6.40. The van der Waals surface area contributed by atoms with Crippen molar-refractivity contribution in [3.63, 3.8) is 0 Å². The van der Waals surface area contributed by atoms with Gasteiger partial charge in [-0.15, -0.1) is 0 Å². The summed E-state index contributed by atoms with van der Waals surface area (Å²) in [5, 5.41) is 2.86. The molecule has 5 heteroatoms. The van der Waals surface area contributed by atoms with E-state index < -0.39 is 0 Å². The number of aromatic nitrogens is 1. The molecule has 0 radical (unpaired) electrons. The number of amides is 2. The fourth-order valence-corrected chi connectivity index (χ4v) is 2.77.